The number of non-ortho nitro benzene ring substituents is 1. The van der Waals surface area contributed by atoms with Gasteiger partial charge in [0.1, 0.15) is 5.82 Å². The van der Waals surface area contributed by atoms with Crippen LogP contribution in [-0.4, -0.2) is 42.0 Å². The van der Waals surface area contributed by atoms with Crippen LogP contribution in [0.25, 0.3) is 0 Å². The number of carbonyl (C=O) groups is 2. The molecule has 142 valence electrons. The molecule has 1 aromatic carbocycles. The van der Waals surface area contributed by atoms with Crippen molar-refractivity contribution >= 4 is 40.7 Å². The highest BCUT2D eigenvalue weighted by Gasteiger charge is 2.24. The molecule has 1 unspecified atom stereocenters. The van der Waals surface area contributed by atoms with Crippen LogP contribution in [0.3, 0.4) is 0 Å². The molecule has 0 fully saturated rings. The molecule has 1 atom stereocenters. The zero-order valence-electron chi connectivity index (χ0n) is 14.8. The van der Waals surface area contributed by atoms with E-state index >= 15 is 0 Å². The second kappa shape index (κ2) is 8.45. The average Bonchev–Trinajstić information content (AvgIpc) is 2.62. The first kappa shape index (κ1) is 20.1. The summed E-state index contributed by atoms with van der Waals surface area (Å²) in [5.74, 6) is -1.21. The number of nitro groups is 1. The lowest BCUT2D eigenvalue weighted by atomic mass is 10.1. The van der Waals surface area contributed by atoms with E-state index in [-0.39, 0.29) is 17.1 Å². The summed E-state index contributed by atoms with van der Waals surface area (Å²) in [6.45, 7) is 1.38. The molecule has 0 aliphatic rings. The van der Waals surface area contributed by atoms with Gasteiger partial charge in [0.05, 0.1) is 21.2 Å². The number of rotatable bonds is 6. The molecule has 1 heterocycles. The summed E-state index contributed by atoms with van der Waals surface area (Å²) < 4.78 is 5.17. The maximum absolute atomic E-state index is 12.5. The molecule has 0 aliphatic heterocycles. The van der Waals surface area contributed by atoms with Gasteiger partial charge >= 0.3 is 5.97 Å². The van der Waals surface area contributed by atoms with Crippen LogP contribution < -0.4 is 10.2 Å². The molecule has 1 aromatic heterocycles. The molecule has 0 spiro atoms. The smallest absolute Gasteiger partial charge is 0.341 e. The van der Waals surface area contributed by atoms with Crippen LogP contribution >= 0.6 is 11.6 Å². The number of halogens is 1. The van der Waals surface area contributed by atoms with Crippen molar-refractivity contribution in [1.29, 1.82) is 0 Å². The van der Waals surface area contributed by atoms with Gasteiger partial charge in [-0.1, -0.05) is 11.6 Å². The third-order valence-corrected chi connectivity index (χ3v) is 3.75. The topological polar surface area (TPSA) is 115 Å². The number of benzene rings is 1. The fourth-order valence-electron chi connectivity index (χ4n) is 2.15. The molecule has 9 nitrogen and oxygen atoms in total. The van der Waals surface area contributed by atoms with E-state index in [9.17, 15) is 19.7 Å². The van der Waals surface area contributed by atoms with Gasteiger partial charge < -0.3 is 15.0 Å². The Balaban J connectivity index is 2.15. The van der Waals surface area contributed by atoms with Crippen molar-refractivity contribution in [2.24, 2.45) is 0 Å². The predicted molar refractivity (Wildman–Crippen MR) is 100 cm³/mol. The highest BCUT2D eigenvalue weighted by Crippen LogP contribution is 2.25. The number of aromatic nitrogens is 1. The Bertz CT molecular complexity index is 870. The van der Waals surface area contributed by atoms with Gasteiger partial charge in [-0.3, -0.25) is 14.9 Å². The number of hydrogen-bond acceptors (Lipinski definition) is 7. The van der Waals surface area contributed by atoms with Crippen molar-refractivity contribution in [2.75, 3.05) is 24.3 Å². The van der Waals surface area contributed by atoms with Crippen LogP contribution in [0.15, 0.2) is 36.5 Å². The van der Waals surface area contributed by atoms with E-state index in [2.05, 4.69) is 10.3 Å². The van der Waals surface area contributed by atoms with Gasteiger partial charge in [0.25, 0.3) is 11.6 Å². The lowest BCUT2D eigenvalue weighted by molar-refractivity contribution is -0.384. The average molecular weight is 393 g/mol. The summed E-state index contributed by atoms with van der Waals surface area (Å²) >= 11 is 5.73. The number of pyridine rings is 1. The summed E-state index contributed by atoms with van der Waals surface area (Å²) in [4.78, 5) is 40.5. The van der Waals surface area contributed by atoms with Crippen LogP contribution in [0.1, 0.15) is 17.3 Å². The van der Waals surface area contributed by atoms with Crippen molar-refractivity contribution in [1.82, 2.24) is 4.98 Å². The van der Waals surface area contributed by atoms with Gasteiger partial charge in [-0.25, -0.2) is 9.78 Å². The first-order valence-electron chi connectivity index (χ1n) is 7.78. The van der Waals surface area contributed by atoms with E-state index in [0.717, 1.165) is 6.07 Å². The van der Waals surface area contributed by atoms with Crippen molar-refractivity contribution in [2.45, 2.75) is 13.0 Å². The quantitative estimate of drug-likeness (QED) is 0.456. The van der Waals surface area contributed by atoms with E-state index in [1.165, 1.54) is 31.3 Å². The molecule has 2 rings (SSSR count). The van der Waals surface area contributed by atoms with Crippen LogP contribution in [0.2, 0.25) is 5.02 Å². The first-order valence-corrected chi connectivity index (χ1v) is 8.16. The van der Waals surface area contributed by atoms with Crippen molar-refractivity contribution in [3.63, 3.8) is 0 Å². The van der Waals surface area contributed by atoms with E-state index in [1.807, 2.05) is 0 Å². The fraction of sp³-hybridized carbons (Fsp3) is 0.235. The molecule has 0 radical (unpaired) electrons. The largest absolute Gasteiger partial charge is 0.449 e. The van der Waals surface area contributed by atoms with E-state index in [4.69, 9.17) is 16.3 Å². The molecule has 1 amide bonds. The monoisotopic (exact) mass is 392 g/mol. The molecular weight excluding hydrogens is 376 g/mol. The number of ether oxygens (including phenoxy) is 1. The van der Waals surface area contributed by atoms with Crippen LogP contribution in [-0.2, 0) is 9.53 Å². The van der Waals surface area contributed by atoms with Gasteiger partial charge in [-0.15, -0.1) is 0 Å². The minimum Gasteiger partial charge on any atom is -0.449 e. The van der Waals surface area contributed by atoms with E-state index in [1.54, 1.807) is 25.1 Å². The molecule has 1 N–H and O–H groups in total. The number of esters is 1. The number of nitro benzene ring substituents is 1. The second-order valence-corrected chi connectivity index (χ2v) is 6.19. The molecule has 10 heteroatoms. The number of hydrogen-bond donors (Lipinski definition) is 1. The maximum Gasteiger partial charge on any atom is 0.341 e. The molecule has 0 aliphatic carbocycles. The predicted octanol–water partition coefficient (Wildman–Crippen LogP) is 2.89. The van der Waals surface area contributed by atoms with Gasteiger partial charge in [0.2, 0.25) is 0 Å². The van der Waals surface area contributed by atoms with Crippen molar-refractivity contribution < 1.29 is 19.2 Å². The normalized spacial score (nSPS) is 11.4. The van der Waals surface area contributed by atoms with Crippen LogP contribution in [0.5, 0.6) is 0 Å². The van der Waals surface area contributed by atoms with Gasteiger partial charge in [0, 0.05) is 32.4 Å². The standard InChI is InChI=1S/C17H17ClN4O5/c1-10(16(23)20-15-7-4-11(18)9-19-15)27-17(24)13-8-12(22(25)26)5-6-14(13)21(2)3/h4-10H,1-3H3,(H,19,20,23). The molecular formula is C17H17ClN4O5. The fourth-order valence-corrected chi connectivity index (χ4v) is 2.26. The summed E-state index contributed by atoms with van der Waals surface area (Å²) in [5, 5.41) is 13.9. The van der Waals surface area contributed by atoms with Crippen LogP contribution in [0.4, 0.5) is 17.2 Å². The third kappa shape index (κ3) is 5.14. The van der Waals surface area contributed by atoms with E-state index in [0.29, 0.717) is 10.7 Å². The number of amides is 1. The summed E-state index contributed by atoms with van der Waals surface area (Å²) in [5.41, 5.74) is 0.158. The van der Waals surface area contributed by atoms with Gasteiger partial charge in [0.15, 0.2) is 6.10 Å². The Hall–Kier alpha value is -3.20. The SMILES string of the molecule is CC(OC(=O)c1cc([N+](=O)[O-])ccc1N(C)C)C(=O)Nc1ccc(Cl)cn1. The highest BCUT2D eigenvalue weighted by molar-refractivity contribution is 6.30. The maximum atomic E-state index is 12.5. The second-order valence-electron chi connectivity index (χ2n) is 5.75. The minimum atomic E-state index is -1.15. The lowest BCUT2D eigenvalue weighted by Crippen LogP contribution is -2.30. The Kier molecular flexibility index (Phi) is 6.30. The van der Waals surface area contributed by atoms with E-state index < -0.39 is 22.9 Å². The molecule has 27 heavy (non-hydrogen) atoms. The summed E-state index contributed by atoms with van der Waals surface area (Å²) in [7, 11) is 3.36. The lowest BCUT2D eigenvalue weighted by Gasteiger charge is -2.18. The zero-order valence-corrected chi connectivity index (χ0v) is 15.6. The zero-order chi connectivity index (χ0) is 20.1. The van der Waals surface area contributed by atoms with Crippen molar-refractivity contribution in [3.05, 3.63) is 57.2 Å². The number of nitrogens with zero attached hydrogens (tertiary/aromatic N) is 3. The highest BCUT2D eigenvalue weighted by atomic mass is 35.5. The Morgan fingerprint density at radius 1 is 1.30 bits per heavy atom. The summed E-state index contributed by atoms with van der Waals surface area (Å²) in [6.07, 6.45) is 0.213. The summed E-state index contributed by atoms with van der Waals surface area (Å²) in [6, 6.07) is 6.89. The van der Waals surface area contributed by atoms with Crippen LogP contribution in [0, 0.1) is 10.1 Å². The van der Waals surface area contributed by atoms with Crippen molar-refractivity contribution in [3.8, 4) is 0 Å². The number of nitrogens with one attached hydrogen (secondary N) is 1. The van der Waals surface area contributed by atoms with Gasteiger partial charge in [-0.2, -0.15) is 0 Å². The number of carbonyl (C=O) groups excluding carboxylic acids is 2. The molecule has 0 saturated carbocycles. The number of anilines is 2. The first-order chi connectivity index (χ1) is 12.7. The molecule has 2 aromatic rings. The third-order valence-electron chi connectivity index (χ3n) is 3.52. The van der Waals surface area contributed by atoms with Gasteiger partial charge in [-0.05, 0) is 25.1 Å². The minimum absolute atomic E-state index is 0.0153. The Morgan fingerprint density at radius 3 is 2.56 bits per heavy atom. The molecule has 0 saturated heterocycles. The Morgan fingerprint density at radius 2 is 2.00 bits per heavy atom. The Labute approximate surface area is 160 Å². The molecule has 0 bridgehead atoms.